The van der Waals surface area contributed by atoms with E-state index >= 15 is 0 Å². The van der Waals surface area contributed by atoms with Crippen molar-refractivity contribution in [3.05, 3.63) is 58.6 Å². The van der Waals surface area contributed by atoms with Crippen LogP contribution in [-0.4, -0.2) is 32.8 Å². The third kappa shape index (κ3) is 5.03. The van der Waals surface area contributed by atoms with Crippen LogP contribution in [0.15, 0.2) is 47.5 Å². The number of rotatable bonds is 5. The van der Waals surface area contributed by atoms with Crippen molar-refractivity contribution in [3.8, 4) is 11.5 Å². The van der Waals surface area contributed by atoms with Gasteiger partial charge in [-0.25, -0.2) is 0 Å². The van der Waals surface area contributed by atoms with Crippen LogP contribution in [0, 0.1) is 0 Å². The van der Waals surface area contributed by atoms with Gasteiger partial charge >= 0.3 is 0 Å². The summed E-state index contributed by atoms with van der Waals surface area (Å²) in [6.07, 6.45) is 0.870. The van der Waals surface area contributed by atoms with Crippen LogP contribution >= 0.6 is 11.6 Å². The zero-order valence-corrected chi connectivity index (χ0v) is 15.0. The third-order valence-corrected chi connectivity index (χ3v) is 4.12. The fraction of sp³-hybridized carbons (Fsp3) is 0.316. The van der Waals surface area contributed by atoms with Gasteiger partial charge < -0.3 is 20.1 Å². The molecule has 0 radical (unpaired) electrons. The monoisotopic (exact) mass is 359 g/mol. The molecule has 132 valence electrons. The molecule has 5 nitrogen and oxygen atoms in total. The van der Waals surface area contributed by atoms with E-state index in [1.54, 1.807) is 7.05 Å². The van der Waals surface area contributed by atoms with Gasteiger partial charge in [-0.15, -0.1) is 0 Å². The SMILES string of the molecule is CN=C(NCCc1ccc2c(c1)OCCO2)NCc1cccc(Cl)c1. The van der Waals surface area contributed by atoms with Crippen LogP contribution < -0.4 is 20.1 Å². The van der Waals surface area contributed by atoms with Crippen LogP contribution in [0.25, 0.3) is 0 Å². The van der Waals surface area contributed by atoms with E-state index in [2.05, 4.69) is 21.7 Å². The number of fused-ring (bicyclic) bond motifs is 1. The van der Waals surface area contributed by atoms with Crippen LogP contribution in [0.3, 0.4) is 0 Å². The number of ether oxygens (including phenoxy) is 2. The molecular weight excluding hydrogens is 338 g/mol. The second kappa shape index (κ2) is 8.62. The molecule has 0 spiro atoms. The molecule has 6 heteroatoms. The average Bonchev–Trinajstić information content (AvgIpc) is 2.64. The van der Waals surface area contributed by atoms with Gasteiger partial charge in [-0.3, -0.25) is 4.99 Å². The molecule has 0 unspecified atom stereocenters. The molecule has 2 N–H and O–H groups in total. The summed E-state index contributed by atoms with van der Waals surface area (Å²) in [5.74, 6) is 2.41. The highest BCUT2D eigenvalue weighted by atomic mass is 35.5. The van der Waals surface area contributed by atoms with E-state index in [9.17, 15) is 0 Å². The van der Waals surface area contributed by atoms with Crippen LogP contribution in [0.1, 0.15) is 11.1 Å². The van der Waals surface area contributed by atoms with Gasteiger partial charge in [0.1, 0.15) is 13.2 Å². The summed E-state index contributed by atoms with van der Waals surface area (Å²) in [5, 5.41) is 7.34. The van der Waals surface area contributed by atoms with Gasteiger partial charge in [0.2, 0.25) is 0 Å². The van der Waals surface area contributed by atoms with Gasteiger partial charge in [-0.1, -0.05) is 29.8 Å². The van der Waals surface area contributed by atoms with Gasteiger partial charge in [0.05, 0.1) is 0 Å². The van der Waals surface area contributed by atoms with E-state index in [1.807, 2.05) is 36.4 Å². The van der Waals surface area contributed by atoms with E-state index in [1.165, 1.54) is 5.56 Å². The van der Waals surface area contributed by atoms with Crippen LogP contribution in [0.5, 0.6) is 11.5 Å². The standard InChI is InChI=1S/C19H22ClN3O2/c1-21-19(23-13-15-3-2-4-16(20)11-15)22-8-7-14-5-6-17-18(12-14)25-10-9-24-17/h2-6,11-12H,7-10,13H2,1H3,(H2,21,22,23). The molecule has 0 saturated heterocycles. The summed E-state index contributed by atoms with van der Waals surface area (Å²) >= 11 is 6.00. The van der Waals surface area contributed by atoms with Crippen molar-refractivity contribution in [2.24, 2.45) is 4.99 Å². The summed E-state index contributed by atoms with van der Waals surface area (Å²) in [6, 6.07) is 13.9. The van der Waals surface area contributed by atoms with Crippen LogP contribution in [0.2, 0.25) is 5.02 Å². The molecule has 0 atom stereocenters. The maximum absolute atomic E-state index is 6.00. The zero-order valence-electron chi connectivity index (χ0n) is 14.2. The summed E-state index contributed by atoms with van der Waals surface area (Å²) < 4.78 is 11.2. The van der Waals surface area contributed by atoms with E-state index < -0.39 is 0 Å². The van der Waals surface area contributed by atoms with Crippen LogP contribution in [-0.2, 0) is 13.0 Å². The number of nitrogens with one attached hydrogen (secondary N) is 2. The molecule has 0 aliphatic carbocycles. The molecule has 3 rings (SSSR count). The Kier molecular flexibility index (Phi) is 6.01. The lowest BCUT2D eigenvalue weighted by Crippen LogP contribution is -2.37. The summed E-state index contributed by atoms with van der Waals surface area (Å²) in [4.78, 5) is 4.24. The molecular formula is C19H22ClN3O2. The maximum atomic E-state index is 6.00. The predicted molar refractivity (Wildman–Crippen MR) is 101 cm³/mol. The quantitative estimate of drug-likeness (QED) is 0.636. The van der Waals surface area contributed by atoms with Crippen molar-refractivity contribution in [1.82, 2.24) is 10.6 Å². The van der Waals surface area contributed by atoms with E-state index in [4.69, 9.17) is 21.1 Å². The van der Waals surface area contributed by atoms with E-state index in [0.29, 0.717) is 19.8 Å². The van der Waals surface area contributed by atoms with Crippen molar-refractivity contribution in [3.63, 3.8) is 0 Å². The lowest BCUT2D eigenvalue weighted by Gasteiger charge is -2.19. The maximum Gasteiger partial charge on any atom is 0.191 e. The highest BCUT2D eigenvalue weighted by Gasteiger charge is 2.11. The first-order valence-corrected chi connectivity index (χ1v) is 8.70. The lowest BCUT2D eigenvalue weighted by atomic mass is 10.1. The van der Waals surface area contributed by atoms with E-state index in [0.717, 1.165) is 41.0 Å². The van der Waals surface area contributed by atoms with Crippen molar-refractivity contribution in [1.29, 1.82) is 0 Å². The van der Waals surface area contributed by atoms with E-state index in [-0.39, 0.29) is 0 Å². The Bertz CT molecular complexity index is 749. The Balaban J connectivity index is 1.47. The predicted octanol–water partition coefficient (Wildman–Crippen LogP) is 3.02. The second-order valence-electron chi connectivity index (χ2n) is 5.71. The Morgan fingerprint density at radius 3 is 2.68 bits per heavy atom. The Labute approximate surface area is 153 Å². The molecule has 0 fully saturated rings. The molecule has 2 aromatic carbocycles. The minimum absolute atomic E-state index is 0.606. The highest BCUT2D eigenvalue weighted by molar-refractivity contribution is 6.30. The normalized spacial score (nSPS) is 13.4. The van der Waals surface area contributed by atoms with Gasteiger partial charge in [0, 0.05) is 25.2 Å². The largest absolute Gasteiger partial charge is 0.486 e. The molecule has 1 heterocycles. The molecule has 1 aliphatic rings. The highest BCUT2D eigenvalue weighted by Crippen LogP contribution is 2.30. The topological polar surface area (TPSA) is 54.9 Å². The summed E-state index contributed by atoms with van der Waals surface area (Å²) in [5.41, 5.74) is 2.31. The first kappa shape index (κ1) is 17.4. The Morgan fingerprint density at radius 1 is 1.04 bits per heavy atom. The van der Waals surface area contributed by atoms with Gasteiger partial charge in [-0.2, -0.15) is 0 Å². The molecule has 1 aliphatic heterocycles. The molecule has 0 bridgehead atoms. The first-order valence-electron chi connectivity index (χ1n) is 8.32. The van der Waals surface area contributed by atoms with Crippen molar-refractivity contribution in [2.75, 3.05) is 26.8 Å². The van der Waals surface area contributed by atoms with Crippen LogP contribution in [0.4, 0.5) is 0 Å². The molecule has 0 aromatic heterocycles. The molecule has 0 saturated carbocycles. The summed E-state index contributed by atoms with van der Waals surface area (Å²) in [6.45, 7) is 2.66. The van der Waals surface area contributed by atoms with Crippen molar-refractivity contribution < 1.29 is 9.47 Å². The Morgan fingerprint density at radius 2 is 1.88 bits per heavy atom. The number of aliphatic imine (C=N–C) groups is 1. The second-order valence-corrected chi connectivity index (χ2v) is 6.15. The third-order valence-electron chi connectivity index (χ3n) is 3.89. The number of nitrogens with zero attached hydrogens (tertiary/aromatic N) is 1. The minimum atomic E-state index is 0.606. The number of guanidine groups is 1. The fourth-order valence-corrected chi connectivity index (χ4v) is 2.83. The van der Waals surface area contributed by atoms with Gasteiger partial charge in [-0.05, 0) is 41.8 Å². The number of halogens is 1. The smallest absolute Gasteiger partial charge is 0.191 e. The van der Waals surface area contributed by atoms with Gasteiger partial charge in [0.25, 0.3) is 0 Å². The molecule has 2 aromatic rings. The molecule has 25 heavy (non-hydrogen) atoms. The molecule has 0 amide bonds. The first-order chi connectivity index (χ1) is 12.2. The average molecular weight is 360 g/mol. The minimum Gasteiger partial charge on any atom is -0.486 e. The zero-order chi connectivity index (χ0) is 17.5. The van der Waals surface area contributed by atoms with Crippen molar-refractivity contribution >= 4 is 17.6 Å². The lowest BCUT2D eigenvalue weighted by molar-refractivity contribution is 0.171. The number of hydrogen-bond acceptors (Lipinski definition) is 3. The Hall–Kier alpha value is -2.40. The number of hydrogen-bond donors (Lipinski definition) is 2. The number of benzene rings is 2. The van der Waals surface area contributed by atoms with Crippen molar-refractivity contribution in [2.45, 2.75) is 13.0 Å². The summed E-state index contributed by atoms with van der Waals surface area (Å²) in [7, 11) is 1.76. The fourth-order valence-electron chi connectivity index (χ4n) is 2.62. The van der Waals surface area contributed by atoms with Gasteiger partial charge in [0.15, 0.2) is 17.5 Å².